The van der Waals surface area contributed by atoms with Gasteiger partial charge in [0.25, 0.3) is 10.0 Å². The van der Waals surface area contributed by atoms with E-state index in [1.54, 1.807) is 73.1 Å². The molecule has 2 aromatic heterocycles. The van der Waals surface area contributed by atoms with Gasteiger partial charge in [-0.05, 0) is 84.5 Å². The summed E-state index contributed by atoms with van der Waals surface area (Å²) in [7, 11) is -7.83. The summed E-state index contributed by atoms with van der Waals surface area (Å²) in [5.41, 5.74) is 3.58. The fourth-order valence-corrected chi connectivity index (χ4v) is 6.93. The lowest BCUT2D eigenvalue weighted by Crippen LogP contribution is -2.12. The summed E-state index contributed by atoms with van der Waals surface area (Å²) in [6.07, 6.45) is 3.11. The first kappa shape index (κ1) is 25.4. The Balaban J connectivity index is 1.50. The maximum Gasteiger partial charge on any atom is 0.339 e. The quantitative estimate of drug-likeness (QED) is 0.168. The van der Waals surface area contributed by atoms with Crippen LogP contribution in [0, 0.1) is 17.4 Å². The molecule has 0 saturated heterocycles. The van der Waals surface area contributed by atoms with Crippen LogP contribution in [0.25, 0.3) is 22.2 Å². The van der Waals surface area contributed by atoms with Crippen molar-refractivity contribution in [3.63, 3.8) is 0 Å². The minimum Gasteiger partial charge on any atom is -0.379 e. The van der Waals surface area contributed by atoms with Crippen molar-refractivity contribution in [1.82, 2.24) is 8.96 Å². The number of aryl methyl sites for hydroxylation is 2. The van der Waals surface area contributed by atoms with Crippen LogP contribution < -0.4 is 4.18 Å². The van der Waals surface area contributed by atoms with Crippen molar-refractivity contribution >= 4 is 53.8 Å². The predicted octanol–water partition coefficient (Wildman–Crippen LogP) is 5.93. The third-order valence-corrected chi connectivity index (χ3v) is 9.61. The molecular formula is C27H21IN2O5S2. The lowest BCUT2D eigenvalue weighted by molar-refractivity contribution is 0.486. The van der Waals surface area contributed by atoms with E-state index in [0.717, 1.165) is 11.1 Å². The van der Waals surface area contributed by atoms with E-state index in [1.165, 1.54) is 16.1 Å². The molecule has 0 aliphatic carbocycles. The van der Waals surface area contributed by atoms with Crippen molar-refractivity contribution < 1.29 is 21.0 Å². The van der Waals surface area contributed by atoms with E-state index in [9.17, 15) is 16.8 Å². The van der Waals surface area contributed by atoms with Crippen molar-refractivity contribution in [2.75, 3.05) is 0 Å². The van der Waals surface area contributed by atoms with E-state index >= 15 is 0 Å². The maximum absolute atomic E-state index is 13.3. The molecule has 0 fully saturated rings. The van der Waals surface area contributed by atoms with Crippen LogP contribution in [0.5, 0.6) is 5.75 Å². The largest absolute Gasteiger partial charge is 0.379 e. The van der Waals surface area contributed by atoms with E-state index in [1.807, 2.05) is 19.9 Å². The summed E-state index contributed by atoms with van der Waals surface area (Å²) in [6, 6.07) is 21.6. The number of halogens is 1. The fourth-order valence-electron chi connectivity index (χ4n) is 3.81. The number of hydrogen-bond acceptors (Lipinski definition) is 6. The molecule has 0 N–H and O–H groups in total. The normalized spacial score (nSPS) is 12.1. The average molecular weight is 645 g/mol. The number of hydrogen-bond donors (Lipinski definition) is 0. The van der Waals surface area contributed by atoms with Crippen LogP contribution in [0.4, 0.5) is 0 Å². The first-order valence-corrected chi connectivity index (χ1v) is 15.1. The first-order valence-electron chi connectivity index (χ1n) is 11.1. The summed E-state index contributed by atoms with van der Waals surface area (Å²) in [5, 5.41) is 0.660. The van der Waals surface area contributed by atoms with Gasteiger partial charge in [-0.1, -0.05) is 47.5 Å². The summed E-state index contributed by atoms with van der Waals surface area (Å²) in [4.78, 5) is 4.71. The number of rotatable bonds is 6. The maximum atomic E-state index is 13.3. The Kier molecular flexibility index (Phi) is 6.59. The van der Waals surface area contributed by atoms with Gasteiger partial charge < -0.3 is 4.18 Å². The van der Waals surface area contributed by atoms with E-state index in [4.69, 9.17) is 4.18 Å². The smallest absolute Gasteiger partial charge is 0.339 e. The van der Waals surface area contributed by atoms with Gasteiger partial charge in [0.1, 0.15) is 10.6 Å². The van der Waals surface area contributed by atoms with Crippen LogP contribution in [0.2, 0.25) is 0 Å². The summed E-state index contributed by atoms with van der Waals surface area (Å²) in [6.45, 7) is 3.77. The SMILES string of the molecule is Cc1ccc(S(=O)(=O)Oc2cccc(-c3cnc4c(c3)c(I)cn4S(=O)(=O)c3ccc(C)cc3)c2)cc1. The number of nitrogens with zero attached hydrogens (tertiary/aromatic N) is 2. The molecule has 5 rings (SSSR count). The Morgan fingerprint density at radius 1 is 0.784 bits per heavy atom. The zero-order valence-corrected chi connectivity index (χ0v) is 23.6. The van der Waals surface area contributed by atoms with Crippen molar-refractivity contribution in [3.8, 4) is 16.9 Å². The molecule has 2 heterocycles. The van der Waals surface area contributed by atoms with E-state index < -0.39 is 20.1 Å². The van der Waals surface area contributed by atoms with Gasteiger partial charge >= 0.3 is 10.1 Å². The Hall–Kier alpha value is -3.22. The molecule has 0 amide bonds. The standard InChI is InChI=1S/C27H21IN2O5S2/c1-18-6-10-23(11-7-18)36(31,32)30-17-26(28)25-15-21(16-29-27(25)30)20-4-3-5-22(14-20)35-37(33,34)24-12-8-19(2)9-13-24/h3-17H,1-2H3. The molecule has 188 valence electrons. The molecule has 0 spiro atoms. The van der Waals surface area contributed by atoms with Gasteiger partial charge in [-0.25, -0.2) is 17.4 Å². The number of pyridine rings is 1. The molecular weight excluding hydrogens is 623 g/mol. The van der Waals surface area contributed by atoms with Gasteiger partial charge in [-0.3, -0.25) is 0 Å². The Labute approximate surface area is 229 Å². The van der Waals surface area contributed by atoms with Crippen molar-refractivity contribution in [1.29, 1.82) is 0 Å². The highest BCUT2D eigenvalue weighted by atomic mass is 127. The Morgan fingerprint density at radius 2 is 1.41 bits per heavy atom. The molecule has 0 radical (unpaired) electrons. The number of benzene rings is 3. The lowest BCUT2D eigenvalue weighted by atomic mass is 10.1. The molecule has 5 aromatic rings. The monoisotopic (exact) mass is 644 g/mol. The van der Waals surface area contributed by atoms with Crippen LogP contribution in [0.1, 0.15) is 11.1 Å². The molecule has 0 atom stereocenters. The number of fused-ring (bicyclic) bond motifs is 1. The molecule has 3 aromatic carbocycles. The van der Waals surface area contributed by atoms with E-state index in [-0.39, 0.29) is 15.5 Å². The molecule has 0 aliphatic heterocycles. The second-order valence-corrected chi connectivity index (χ2v) is 13.1. The third-order valence-electron chi connectivity index (χ3n) is 5.82. The van der Waals surface area contributed by atoms with Crippen LogP contribution >= 0.6 is 22.6 Å². The fraction of sp³-hybridized carbons (Fsp3) is 0.0741. The lowest BCUT2D eigenvalue weighted by Gasteiger charge is -2.10. The highest BCUT2D eigenvalue weighted by Gasteiger charge is 2.22. The van der Waals surface area contributed by atoms with Crippen LogP contribution in [0.3, 0.4) is 0 Å². The molecule has 10 heteroatoms. The summed E-state index contributed by atoms with van der Waals surface area (Å²) in [5.74, 6) is 0.160. The zero-order valence-electron chi connectivity index (χ0n) is 19.8. The third kappa shape index (κ3) is 5.00. The topological polar surface area (TPSA) is 95.3 Å². The van der Waals surface area contributed by atoms with E-state index in [0.29, 0.717) is 25.7 Å². The Bertz CT molecular complexity index is 1850. The van der Waals surface area contributed by atoms with Crippen LogP contribution in [-0.2, 0) is 20.1 Å². The molecule has 0 unspecified atom stereocenters. The zero-order chi connectivity index (χ0) is 26.4. The molecule has 37 heavy (non-hydrogen) atoms. The summed E-state index contributed by atoms with van der Waals surface area (Å²) < 4.78 is 59.3. The number of aromatic nitrogens is 2. The second kappa shape index (κ2) is 9.58. The van der Waals surface area contributed by atoms with E-state index in [2.05, 4.69) is 27.6 Å². The highest BCUT2D eigenvalue weighted by molar-refractivity contribution is 14.1. The van der Waals surface area contributed by atoms with Gasteiger partial charge in [0.05, 0.1) is 4.90 Å². The summed E-state index contributed by atoms with van der Waals surface area (Å²) >= 11 is 2.08. The van der Waals surface area contributed by atoms with Crippen LogP contribution in [0.15, 0.2) is 101 Å². The van der Waals surface area contributed by atoms with Crippen LogP contribution in [-0.4, -0.2) is 25.8 Å². The average Bonchev–Trinajstić information content (AvgIpc) is 3.21. The molecule has 0 bridgehead atoms. The molecule has 0 aliphatic rings. The van der Waals surface area contributed by atoms with Crippen molar-refractivity contribution in [3.05, 3.63) is 106 Å². The first-order chi connectivity index (χ1) is 17.5. The van der Waals surface area contributed by atoms with Gasteiger partial charge in [0.2, 0.25) is 0 Å². The molecule has 0 saturated carbocycles. The van der Waals surface area contributed by atoms with Crippen molar-refractivity contribution in [2.45, 2.75) is 23.6 Å². The Morgan fingerprint density at radius 3 is 2.05 bits per heavy atom. The molecule has 7 nitrogen and oxygen atoms in total. The van der Waals surface area contributed by atoms with Gasteiger partial charge in [0, 0.05) is 26.9 Å². The highest BCUT2D eigenvalue weighted by Crippen LogP contribution is 2.31. The minimum absolute atomic E-state index is 0.0669. The second-order valence-electron chi connectivity index (χ2n) is 8.56. The van der Waals surface area contributed by atoms with Gasteiger partial charge in [0.15, 0.2) is 5.65 Å². The van der Waals surface area contributed by atoms with Gasteiger partial charge in [-0.2, -0.15) is 8.42 Å². The minimum atomic E-state index is -4.00. The van der Waals surface area contributed by atoms with Crippen molar-refractivity contribution in [2.24, 2.45) is 0 Å². The predicted molar refractivity (Wildman–Crippen MR) is 151 cm³/mol. The van der Waals surface area contributed by atoms with Gasteiger partial charge in [-0.15, -0.1) is 0 Å².